The Morgan fingerprint density at radius 3 is 2.73 bits per heavy atom. The minimum absolute atomic E-state index is 0.0737. The van der Waals surface area contributed by atoms with Crippen molar-refractivity contribution >= 4 is 17.5 Å². The maximum absolute atomic E-state index is 12.3. The van der Waals surface area contributed by atoms with Crippen LogP contribution >= 0.6 is 11.6 Å². The number of likely N-dealkylation sites (tertiary alicyclic amines) is 1. The zero-order valence-corrected chi connectivity index (χ0v) is 13.9. The van der Waals surface area contributed by atoms with Gasteiger partial charge in [-0.05, 0) is 18.6 Å². The van der Waals surface area contributed by atoms with Crippen LogP contribution in [0, 0.1) is 0 Å². The normalized spacial score (nSPS) is 17.3. The summed E-state index contributed by atoms with van der Waals surface area (Å²) >= 11 is 6.11. The summed E-state index contributed by atoms with van der Waals surface area (Å²) in [5.74, 6) is 0.790. The molecule has 1 aliphatic rings. The third kappa shape index (κ3) is 4.62. The number of unbranched alkanes of at least 4 members (excludes halogenated alkanes) is 1. The number of piperidine rings is 1. The largest absolute Gasteiger partial charge is 0.489 e. The van der Waals surface area contributed by atoms with Gasteiger partial charge in [0.25, 0.3) is 0 Å². The molecule has 1 heterocycles. The number of benzene rings is 1. The van der Waals surface area contributed by atoms with E-state index in [4.69, 9.17) is 22.1 Å². The van der Waals surface area contributed by atoms with E-state index in [2.05, 4.69) is 6.92 Å². The third-order valence-corrected chi connectivity index (χ3v) is 4.38. The lowest BCUT2D eigenvalue weighted by molar-refractivity contribution is -0.134. The van der Waals surface area contributed by atoms with Crippen LogP contribution in [0.1, 0.15) is 39.0 Å². The Balaban J connectivity index is 1.80. The molecule has 1 amide bonds. The van der Waals surface area contributed by atoms with E-state index in [0.717, 1.165) is 32.1 Å². The van der Waals surface area contributed by atoms with Crippen molar-refractivity contribution in [2.75, 3.05) is 13.1 Å². The predicted molar refractivity (Wildman–Crippen MR) is 89.2 cm³/mol. The number of carbonyl (C=O) groups excluding carboxylic acids is 1. The molecular formula is C17H25ClN2O2. The lowest BCUT2D eigenvalue weighted by Crippen LogP contribution is -2.48. The van der Waals surface area contributed by atoms with Crippen LogP contribution in [0.25, 0.3) is 0 Å². The van der Waals surface area contributed by atoms with E-state index >= 15 is 0 Å². The molecule has 0 aliphatic carbocycles. The van der Waals surface area contributed by atoms with Gasteiger partial charge >= 0.3 is 0 Å². The van der Waals surface area contributed by atoms with Gasteiger partial charge in [-0.15, -0.1) is 0 Å². The average molecular weight is 325 g/mol. The van der Waals surface area contributed by atoms with Crippen LogP contribution in [0.15, 0.2) is 24.3 Å². The minimum Gasteiger partial charge on any atom is -0.489 e. The highest BCUT2D eigenvalue weighted by molar-refractivity contribution is 6.32. The van der Waals surface area contributed by atoms with Gasteiger partial charge in [0.1, 0.15) is 11.9 Å². The van der Waals surface area contributed by atoms with Gasteiger partial charge < -0.3 is 15.4 Å². The van der Waals surface area contributed by atoms with Crippen LogP contribution in [0.3, 0.4) is 0 Å². The predicted octanol–water partition coefficient (Wildman–Crippen LogP) is 3.23. The number of hydrogen-bond acceptors (Lipinski definition) is 3. The maximum Gasteiger partial charge on any atom is 0.239 e. The number of nitrogens with zero attached hydrogens (tertiary/aromatic N) is 1. The summed E-state index contributed by atoms with van der Waals surface area (Å²) < 4.78 is 5.94. The fourth-order valence-electron chi connectivity index (χ4n) is 2.70. The third-order valence-electron chi connectivity index (χ3n) is 4.07. The zero-order valence-electron chi connectivity index (χ0n) is 13.1. The molecule has 1 aromatic carbocycles. The summed E-state index contributed by atoms with van der Waals surface area (Å²) in [6.45, 7) is 3.51. The Labute approximate surface area is 137 Å². The second-order valence-corrected chi connectivity index (χ2v) is 6.23. The highest BCUT2D eigenvalue weighted by Gasteiger charge is 2.27. The Morgan fingerprint density at radius 1 is 1.41 bits per heavy atom. The number of nitrogens with two attached hydrogens (primary N) is 1. The average Bonchev–Trinajstić information content (AvgIpc) is 2.55. The first kappa shape index (κ1) is 17.1. The van der Waals surface area contributed by atoms with Crippen LogP contribution in [-0.2, 0) is 4.79 Å². The first-order valence-electron chi connectivity index (χ1n) is 8.07. The van der Waals surface area contributed by atoms with Gasteiger partial charge in [-0.3, -0.25) is 4.79 Å². The van der Waals surface area contributed by atoms with E-state index in [1.54, 1.807) is 0 Å². The monoisotopic (exact) mass is 324 g/mol. The molecule has 1 unspecified atom stereocenters. The molecule has 1 aliphatic heterocycles. The quantitative estimate of drug-likeness (QED) is 0.874. The molecule has 2 rings (SSSR count). The smallest absolute Gasteiger partial charge is 0.239 e. The van der Waals surface area contributed by atoms with Gasteiger partial charge in [0.2, 0.25) is 5.91 Å². The van der Waals surface area contributed by atoms with Gasteiger partial charge in [0.15, 0.2) is 0 Å². The van der Waals surface area contributed by atoms with Crippen molar-refractivity contribution < 1.29 is 9.53 Å². The van der Waals surface area contributed by atoms with Crippen molar-refractivity contribution in [3.05, 3.63) is 29.3 Å². The van der Waals surface area contributed by atoms with E-state index in [1.807, 2.05) is 29.2 Å². The second kappa shape index (κ2) is 8.39. The first-order valence-corrected chi connectivity index (χ1v) is 8.45. The van der Waals surface area contributed by atoms with Gasteiger partial charge in [-0.2, -0.15) is 0 Å². The van der Waals surface area contributed by atoms with E-state index in [1.165, 1.54) is 0 Å². The number of para-hydroxylation sites is 1. The SMILES string of the molecule is CCCCC(N)C(=O)N1CCC(Oc2ccccc2Cl)CC1. The Bertz CT molecular complexity index is 487. The number of rotatable bonds is 6. The van der Waals surface area contributed by atoms with Crippen LogP contribution in [0.4, 0.5) is 0 Å². The summed E-state index contributed by atoms with van der Waals surface area (Å²) in [6, 6.07) is 7.13. The molecule has 0 saturated carbocycles. The molecule has 122 valence electrons. The molecule has 0 aromatic heterocycles. The Morgan fingerprint density at radius 2 is 2.09 bits per heavy atom. The molecule has 0 bridgehead atoms. The molecule has 1 aromatic rings. The number of amides is 1. The summed E-state index contributed by atoms with van der Waals surface area (Å²) in [6.07, 6.45) is 4.57. The highest BCUT2D eigenvalue weighted by atomic mass is 35.5. The van der Waals surface area contributed by atoms with E-state index in [0.29, 0.717) is 23.9 Å². The van der Waals surface area contributed by atoms with Crippen LogP contribution in [0.2, 0.25) is 5.02 Å². The Hall–Kier alpha value is -1.26. The van der Waals surface area contributed by atoms with E-state index in [-0.39, 0.29) is 18.1 Å². The van der Waals surface area contributed by atoms with E-state index < -0.39 is 0 Å². The minimum atomic E-state index is -0.360. The van der Waals surface area contributed by atoms with Crippen LogP contribution in [-0.4, -0.2) is 36.0 Å². The molecule has 0 radical (unpaired) electrons. The van der Waals surface area contributed by atoms with Crippen molar-refractivity contribution in [3.63, 3.8) is 0 Å². The van der Waals surface area contributed by atoms with E-state index in [9.17, 15) is 4.79 Å². The standard InChI is InChI=1S/C17H25ClN2O2/c1-2-3-7-15(19)17(21)20-11-9-13(10-12-20)22-16-8-5-4-6-14(16)18/h4-6,8,13,15H,2-3,7,9-12,19H2,1H3. The van der Waals surface area contributed by atoms with Gasteiger partial charge in [0.05, 0.1) is 11.1 Å². The summed E-state index contributed by atoms with van der Waals surface area (Å²) in [7, 11) is 0. The topological polar surface area (TPSA) is 55.6 Å². The van der Waals surface area contributed by atoms with Crippen LogP contribution in [0.5, 0.6) is 5.75 Å². The molecule has 4 nitrogen and oxygen atoms in total. The molecule has 1 atom stereocenters. The zero-order chi connectivity index (χ0) is 15.9. The molecule has 1 saturated heterocycles. The van der Waals surface area contributed by atoms with Gasteiger partial charge in [-0.1, -0.05) is 43.5 Å². The maximum atomic E-state index is 12.3. The van der Waals surface area contributed by atoms with Crippen molar-refractivity contribution in [1.29, 1.82) is 0 Å². The number of ether oxygens (including phenoxy) is 1. The molecule has 1 fully saturated rings. The van der Waals surface area contributed by atoms with Gasteiger partial charge in [-0.25, -0.2) is 0 Å². The number of carbonyl (C=O) groups is 1. The second-order valence-electron chi connectivity index (χ2n) is 5.82. The number of halogens is 1. The molecule has 5 heteroatoms. The fourth-order valence-corrected chi connectivity index (χ4v) is 2.88. The molecule has 2 N–H and O–H groups in total. The van der Waals surface area contributed by atoms with Gasteiger partial charge in [0, 0.05) is 25.9 Å². The lowest BCUT2D eigenvalue weighted by Gasteiger charge is -2.33. The summed E-state index contributed by atoms with van der Waals surface area (Å²) in [5.41, 5.74) is 5.97. The molecule has 22 heavy (non-hydrogen) atoms. The van der Waals surface area contributed by atoms with Crippen molar-refractivity contribution in [3.8, 4) is 5.75 Å². The van der Waals surface area contributed by atoms with Crippen LogP contribution < -0.4 is 10.5 Å². The first-order chi connectivity index (χ1) is 10.6. The molecular weight excluding hydrogens is 300 g/mol. The molecule has 0 spiro atoms. The number of hydrogen-bond donors (Lipinski definition) is 1. The Kier molecular flexibility index (Phi) is 6.52. The van der Waals surface area contributed by atoms with Crippen molar-refractivity contribution in [1.82, 2.24) is 4.90 Å². The summed E-state index contributed by atoms with van der Waals surface area (Å²) in [5, 5.41) is 0.627. The van der Waals surface area contributed by atoms with Crippen molar-refractivity contribution in [2.45, 2.75) is 51.2 Å². The van der Waals surface area contributed by atoms with Crippen molar-refractivity contribution in [2.24, 2.45) is 5.73 Å². The highest BCUT2D eigenvalue weighted by Crippen LogP contribution is 2.26. The fraction of sp³-hybridized carbons (Fsp3) is 0.588. The lowest BCUT2D eigenvalue weighted by atomic mass is 10.0. The summed E-state index contributed by atoms with van der Waals surface area (Å²) in [4.78, 5) is 14.1.